The number of hydrogen-bond acceptors (Lipinski definition) is 6. The highest BCUT2D eigenvalue weighted by Crippen LogP contribution is 2.54. The molecule has 2 aromatic carbocycles. The second-order valence-electron chi connectivity index (χ2n) is 12.5. The molecule has 7 atom stereocenters. The van der Waals surface area contributed by atoms with E-state index < -0.39 is 35.6 Å². The number of amides is 3. The molecule has 45 heavy (non-hydrogen) atoms. The molecular formula is C36H44N4O5. The topological polar surface area (TPSA) is 93.6 Å². The predicted octanol–water partition coefficient (Wildman–Crippen LogP) is 4.03. The van der Waals surface area contributed by atoms with Crippen LogP contribution in [0.2, 0.25) is 0 Å². The van der Waals surface area contributed by atoms with Gasteiger partial charge in [0, 0.05) is 43.2 Å². The van der Waals surface area contributed by atoms with Gasteiger partial charge >= 0.3 is 0 Å². The van der Waals surface area contributed by atoms with Gasteiger partial charge in [0.15, 0.2) is 0 Å². The van der Waals surface area contributed by atoms with Gasteiger partial charge in [0.25, 0.3) is 5.91 Å². The number of anilines is 3. The molecule has 1 spiro atoms. The summed E-state index contributed by atoms with van der Waals surface area (Å²) < 4.78 is 6.82. The molecule has 4 aliphatic heterocycles. The Morgan fingerprint density at radius 3 is 2.18 bits per heavy atom. The van der Waals surface area contributed by atoms with Crippen molar-refractivity contribution < 1.29 is 24.2 Å². The third-order valence-electron chi connectivity index (χ3n) is 10.3. The van der Waals surface area contributed by atoms with Gasteiger partial charge in [0.05, 0.1) is 30.6 Å². The zero-order valence-electron chi connectivity index (χ0n) is 26.6. The lowest BCUT2D eigenvalue weighted by Gasteiger charge is -2.40. The SMILES string of the molecule is CC[C@H](C)[C@H](CO)N1C(=O)[C@@H]2[C@H]3C(=O)N(c4ccccc4)CC=C[C@H]3O[C@@]23C=CCN(c2ccc(N(CC)CC)cc2)C(=O)C13. The Kier molecular flexibility index (Phi) is 8.59. The fourth-order valence-corrected chi connectivity index (χ4v) is 7.75. The summed E-state index contributed by atoms with van der Waals surface area (Å²) in [5.74, 6) is -2.63. The number of rotatable bonds is 9. The number of hydrogen-bond donors (Lipinski definition) is 1. The third-order valence-corrected chi connectivity index (χ3v) is 10.3. The molecule has 0 radical (unpaired) electrons. The van der Waals surface area contributed by atoms with Crippen molar-refractivity contribution in [2.45, 2.75) is 57.9 Å². The van der Waals surface area contributed by atoms with E-state index in [0.717, 1.165) is 30.2 Å². The van der Waals surface area contributed by atoms with Crippen LogP contribution in [0.1, 0.15) is 34.1 Å². The van der Waals surface area contributed by atoms with Crippen molar-refractivity contribution in [3.8, 4) is 0 Å². The Bertz CT molecular complexity index is 1470. The monoisotopic (exact) mass is 612 g/mol. The number of para-hydroxylation sites is 1. The minimum atomic E-state index is -1.36. The van der Waals surface area contributed by atoms with Crippen LogP contribution in [-0.4, -0.2) is 84.3 Å². The normalized spacial score (nSPS) is 28.8. The molecule has 3 amide bonds. The molecule has 1 unspecified atom stereocenters. The number of fused-ring (bicyclic) bond motifs is 2. The Balaban J connectivity index is 1.44. The van der Waals surface area contributed by atoms with Crippen LogP contribution in [0.3, 0.4) is 0 Å². The van der Waals surface area contributed by atoms with Crippen LogP contribution < -0.4 is 14.7 Å². The van der Waals surface area contributed by atoms with E-state index in [0.29, 0.717) is 19.5 Å². The molecule has 238 valence electrons. The summed E-state index contributed by atoms with van der Waals surface area (Å²) in [6.07, 6.45) is 7.57. The first-order chi connectivity index (χ1) is 21.8. The van der Waals surface area contributed by atoms with Gasteiger partial charge in [-0.3, -0.25) is 14.4 Å². The largest absolute Gasteiger partial charge is 0.394 e. The summed E-state index contributed by atoms with van der Waals surface area (Å²) in [6.45, 7) is 10.3. The quantitative estimate of drug-likeness (QED) is 0.430. The fourth-order valence-electron chi connectivity index (χ4n) is 7.75. The molecule has 6 rings (SSSR count). The van der Waals surface area contributed by atoms with Gasteiger partial charge in [-0.25, -0.2) is 0 Å². The Morgan fingerprint density at radius 1 is 0.889 bits per heavy atom. The Morgan fingerprint density at radius 2 is 1.53 bits per heavy atom. The van der Waals surface area contributed by atoms with E-state index in [1.165, 1.54) is 0 Å². The van der Waals surface area contributed by atoms with E-state index in [-0.39, 0.29) is 30.2 Å². The number of likely N-dealkylation sites (tertiary alicyclic amines) is 1. The summed E-state index contributed by atoms with van der Waals surface area (Å²) in [5.41, 5.74) is 1.17. The highest BCUT2D eigenvalue weighted by Gasteiger charge is 2.72. The van der Waals surface area contributed by atoms with Gasteiger partial charge in [0.2, 0.25) is 11.8 Å². The van der Waals surface area contributed by atoms with Crippen LogP contribution in [0.4, 0.5) is 17.1 Å². The number of carbonyl (C=O) groups excluding carboxylic acids is 3. The van der Waals surface area contributed by atoms with Crippen LogP contribution in [0.5, 0.6) is 0 Å². The summed E-state index contributed by atoms with van der Waals surface area (Å²) >= 11 is 0. The van der Waals surface area contributed by atoms with Crippen molar-refractivity contribution >= 4 is 34.8 Å². The maximum Gasteiger partial charge on any atom is 0.253 e. The maximum atomic E-state index is 14.8. The maximum absolute atomic E-state index is 14.8. The average molecular weight is 613 g/mol. The zero-order chi connectivity index (χ0) is 31.9. The molecule has 2 aromatic rings. The summed E-state index contributed by atoms with van der Waals surface area (Å²) in [6, 6.07) is 15.7. The molecule has 2 saturated heterocycles. The van der Waals surface area contributed by atoms with Crippen LogP contribution in [0.25, 0.3) is 0 Å². The van der Waals surface area contributed by atoms with Gasteiger partial charge in [-0.1, -0.05) is 62.8 Å². The minimum Gasteiger partial charge on any atom is -0.394 e. The first-order valence-corrected chi connectivity index (χ1v) is 16.3. The molecule has 0 saturated carbocycles. The van der Waals surface area contributed by atoms with Crippen molar-refractivity contribution in [3.63, 3.8) is 0 Å². The number of ether oxygens (including phenoxy) is 1. The fraction of sp³-hybridized carbons (Fsp3) is 0.472. The zero-order valence-corrected chi connectivity index (χ0v) is 26.6. The van der Waals surface area contributed by atoms with Crippen LogP contribution in [0.15, 0.2) is 78.9 Å². The van der Waals surface area contributed by atoms with Gasteiger partial charge in [-0.15, -0.1) is 0 Å². The van der Waals surface area contributed by atoms with E-state index in [4.69, 9.17) is 4.74 Å². The van der Waals surface area contributed by atoms with E-state index in [1.54, 1.807) is 14.7 Å². The molecule has 9 heteroatoms. The Labute approximate surface area is 265 Å². The second kappa shape index (κ2) is 12.4. The summed E-state index contributed by atoms with van der Waals surface area (Å²) in [7, 11) is 0. The number of carbonyl (C=O) groups is 3. The van der Waals surface area contributed by atoms with Crippen LogP contribution >= 0.6 is 0 Å². The van der Waals surface area contributed by atoms with E-state index in [9.17, 15) is 19.5 Å². The molecular weight excluding hydrogens is 568 g/mol. The number of aliphatic hydroxyl groups is 1. The lowest BCUT2D eigenvalue weighted by molar-refractivity contribution is -0.145. The van der Waals surface area contributed by atoms with Crippen LogP contribution in [-0.2, 0) is 19.1 Å². The lowest BCUT2D eigenvalue weighted by atomic mass is 9.77. The van der Waals surface area contributed by atoms with E-state index >= 15 is 0 Å². The van der Waals surface area contributed by atoms with Crippen molar-refractivity contribution in [2.24, 2.45) is 17.8 Å². The molecule has 4 aliphatic rings. The highest BCUT2D eigenvalue weighted by atomic mass is 16.5. The van der Waals surface area contributed by atoms with Gasteiger partial charge in [0.1, 0.15) is 11.6 Å². The molecule has 0 aliphatic carbocycles. The average Bonchev–Trinajstić information content (AvgIpc) is 3.38. The highest BCUT2D eigenvalue weighted by molar-refractivity contribution is 6.07. The van der Waals surface area contributed by atoms with Crippen molar-refractivity contribution in [3.05, 3.63) is 78.9 Å². The molecule has 2 fully saturated rings. The lowest BCUT2D eigenvalue weighted by Crippen LogP contribution is -2.59. The smallest absolute Gasteiger partial charge is 0.253 e. The first kappa shape index (κ1) is 31.0. The van der Waals surface area contributed by atoms with Crippen molar-refractivity contribution in [2.75, 3.05) is 47.5 Å². The summed E-state index contributed by atoms with van der Waals surface area (Å²) in [4.78, 5) is 51.1. The van der Waals surface area contributed by atoms with Gasteiger partial charge < -0.3 is 29.4 Å². The van der Waals surface area contributed by atoms with Crippen molar-refractivity contribution in [1.29, 1.82) is 0 Å². The second-order valence-corrected chi connectivity index (χ2v) is 12.5. The van der Waals surface area contributed by atoms with Crippen LogP contribution in [0, 0.1) is 17.8 Å². The number of aliphatic hydroxyl groups excluding tert-OH is 1. The molecule has 1 N–H and O–H groups in total. The van der Waals surface area contributed by atoms with E-state index in [1.807, 2.05) is 92.7 Å². The molecule has 9 nitrogen and oxygen atoms in total. The van der Waals surface area contributed by atoms with E-state index in [2.05, 4.69) is 18.7 Å². The minimum absolute atomic E-state index is 0.0852. The predicted molar refractivity (Wildman–Crippen MR) is 175 cm³/mol. The first-order valence-electron chi connectivity index (χ1n) is 16.3. The standard InChI is InChI=1S/C36H44N4O5/c1-5-24(4)28(23-41)40-32-35(44)39(27-18-16-25(17-19-27)37(6-2)7-3)22-12-20-36(32)31(34(40)43)30-29(45-36)15-11-21-38(33(30)42)26-13-9-8-10-14-26/h8-20,24,28-32,41H,5-7,21-23H2,1-4H3/t24-,28-,29+,30-,31-,32?,36-/m0/s1. The molecule has 0 bridgehead atoms. The number of nitrogens with zero attached hydrogens (tertiary/aromatic N) is 4. The molecule has 4 heterocycles. The molecule has 0 aromatic heterocycles. The summed E-state index contributed by atoms with van der Waals surface area (Å²) in [5, 5.41) is 10.7. The Hall–Kier alpha value is -3.95. The van der Waals surface area contributed by atoms with Gasteiger partial charge in [-0.2, -0.15) is 0 Å². The van der Waals surface area contributed by atoms with Gasteiger partial charge in [-0.05, 0) is 56.2 Å². The number of benzene rings is 2. The third kappa shape index (κ3) is 4.97. The van der Waals surface area contributed by atoms with Crippen molar-refractivity contribution in [1.82, 2.24) is 4.90 Å².